The van der Waals surface area contributed by atoms with Gasteiger partial charge < -0.3 is 10.6 Å². The quantitative estimate of drug-likeness (QED) is 0.446. The highest BCUT2D eigenvalue weighted by molar-refractivity contribution is 5.92. The number of aromatic nitrogens is 4. The predicted octanol–water partition coefficient (Wildman–Crippen LogP) is 3.35. The van der Waals surface area contributed by atoms with E-state index in [0.29, 0.717) is 0 Å². The first kappa shape index (κ1) is 21.8. The number of benzene rings is 1. The van der Waals surface area contributed by atoms with Crippen molar-refractivity contribution in [3.05, 3.63) is 89.6 Å². The fraction of sp³-hybridized carbons (Fsp3) is 0.269. The van der Waals surface area contributed by atoms with Crippen molar-refractivity contribution in [1.82, 2.24) is 24.9 Å². The minimum atomic E-state index is -0.359. The maximum absolute atomic E-state index is 12.9. The van der Waals surface area contributed by atoms with E-state index < -0.39 is 0 Å². The van der Waals surface area contributed by atoms with Crippen molar-refractivity contribution in [2.45, 2.75) is 44.6 Å². The van der Waals surface area contributed by atoms with Gasteiger partial charge in [0, 0.05) is 23.3 Å². The van der Waals surface area contributed by atoms with Gasteiger partial charge in [0.15, 0.2) is 5.65 Å². The van der Waals surface area contributed by atoms with E-state index in [1.54, 1.807) is 4.52 Å². The highest BCUT2D eigenvalue weighted by Crippen LogP contribution is 2.41. The standard InChI is InChI=1S/C26H26N6O2/c1-18-4-2-5-22(29-18)15-24(33)30-21-9-7-20(8-10-21)26(12-3-13-26)31-25(34)14-19-6-11-23-27-17-28-32(23)16-19/h2,4-11,16-17H,3,12-15H2,1H3,(H,30,33)(H,31,34). The van der Waals surface area contributed by atoms with Crippen molar-refractivity contribution in [3.63, 3.8) is 0 Å². The minimum Gasteiger partial charge on any atom is -0.346 e. The Labute approximate surface area is 197 Å². The van der Waals surface area contributed by atoms with Gasteiger partial charge in [-0.05, 0) is 67.6 Å². The van der Waals surface area contributed by atoms with Gasteiger partial charge in [-0.25, -0.2) is 9.50 Å². The lowest BCUT2D eigenvalue weighted by atomic mass is 9.71. The Balaban J connectivity index is 1.22. The summed E-state index contributed by atoms with van der Waals surface area (Å²) >= 11 is 0. The van der Waals surface area contributed by atoms with Crippen LogP contribution in [-0.2, 0) is 28.0 Å². The molecule has 3 heterocycles. The summed E-state index contributed by atoms with van der Waals surface area (Å²) in [5.74, 6) is -0.135. The van der Waals surface area contributed by atoms with Crippen LogP contribution in [0.2, 0.25) is 0 Å². The summed E-state index contributed by atoms with van der Waals surface area (Å²) in [6.07, 6.45) is 6.68. The van der Waals surface area contributed by atoms with E-state index in [1.165, 1.54) is 6.33 Å². The van der Waals surface area contributed by atoms with Crippen LogP contribution in [0.3, 0.4) is 0 Å². The highest BCUT2D eigenvalue weighted by Gasteiger charge is 2.39. The van der Waals surface area contributed by atoms with Gasteiger partial charge in [0.25, 0.3) is 0 Å². The molecule has 34 heavy (non-hydrogen) atoms. The van der Waals surface area contributed by atoms with E-state index in [4.69, 9.17) is 0 Å². The van der Waals surface area contributed by atoms with Crippen LogP contribution in [0.15, 0.2) is 67.1 Å². The molecule has 4 aromatic rings. The Morgan fingerprint density at radius 3 is 2.56 bits per heavy atom. The predicted molar refractivity (Wildman–Crippen MR) is 128 cm³/mol. The SMILES string of the molecule is Cc1cccc(CC(=O)Nc2ccc(C3(NC(=O)Cc4ccc5ncnn5c4)CCC3)cc2)n1. The Bertz CT molecular complexity index is 1340. The number of nitrogens with zero attached hydrogens (tertiary/aromatic N) is 4. The molecule has 172 valence electrons. The number of hydrogen-bond donors (Lipinski definition) is 2. The van der Waals surface area contributed by atoms with Crippen LogP contribution < -0.4 is 10.6 Å². The van der Waals surface area contributed by atoms with Crippen molar-refractivity contribution in [3.8, 4) is 0 Å². The van der Waals surface area contributed by atoms with Crippen LogP contribution in [0, 0.1) is 6.92 Å². The molecule has 1 saturated carbocycles. The lowest BCUT2D eigenvalue weighted by molar-refractivity contribution is -0.123. The molecule has 5 rings (SSSR count). The number of hydrogen-bond acceptors (Lipinski definition) is 5. The smallest absolute Gasteiger partial charge is 0.230 e. The van der Waals surface area contributed by atoms with Crippen LogP contribution in [-0.4, -0.2) is 31.4 Å². The molecule has 8 heteroatoms. The van der Waals surface area contributed by atoms with Gasteiger partial charge in [0.2, 0.25) is 11.8 Å². The number of carbonyl (C=O) groups is 2. The number of nitrogens with one attached hydrogen (secondary N) is 2. The number of aryl methyl sites for hydroxylation is 1. The van der Waals surface area contributed by atoms with Crippen molar-refractivity contribution in [2.75, 3.05) is 5.32 Å². The summed E-state index contributed by atoms with van der Waals surface area (Å²) in [7, 11) is 0. The Kier molecular flexibility index (Phi) is 5.79. The number of fused-ring (bicyclic) bond motifs is 1. The third kappa shape index (κ3) is 4.66. The molecule has 1 aliphatic rings. The van der Waals surface area contributed by atoms with Crippen LogP contribution in [0.4, 0.5) is 5.69 Å². The van der Waals surface area contributed by atoms with Crippen molar-refractivity contribution >= 4 is 23.1 Å². The number of rotatable bonds is 7. The fourth-order valence-corrected chi connectivity index (χ4v) is 4.42. The molecule has 0 aliphatic heterocycles. The number of carbonyl (C=O) groups excluding carboxylic acids is 2. The molecule has 1 aliphatic carbocycles. The van der Waals surface area contributed by atoms with E-state index in [1.807, 2.05) is 67.7 Å². The normalized spacial score (nSPS) is 14.4. The topological polar surface area (TPSA) is 101 Å². The number of pyridine rings is 2. The summed E-state index contributed by atoms with van der Waals surface area (Å²) in [5, 5.41) is 10.3. The zero-order valence-electron chi connectivity index (χ0n) is 19.0. The molecule has 0 unspecified atom stereocenters. The van der Waals surface area contributed by atoms with E-state index >= 15 is 0 Å². The molecule has 0 bridgehead atoms. The van der Waals surface area contributed by atoms with Crippen LogP contribution >= 0.6 is 0 Å². The second-order valence-corrected chi connectivity index (χ2v) is 8.83. The Morgan fingerprint density at radius 1 is 1.00 bits per heavy atom. The lowest BCUT2D eigenvalue weighted by Crippen LogP contribution is -2.51. The molecule has 0 atom stereocenters. The van der Waals surface area contributed by atoms with Crippen LogP contribution in [0.1, 0.15) is 41.8 Å². The van der Waals surface area contributed by atoms with E-state index in [-0.39, 0.29) is 30.2 Å². The second-order valence-electron chi connectivity index (χ2n) is 8.83. The summed E-state index contributed by atoms with van der Waals surface area (Å²) in [5.41, 5.74) is 4.69. The summed E-state index contributed by atoms with van der Waals surface area (Å²) in [6.45, 7) is 1.91. The first-order valence-electron chi connectivity index (χ1n) is 11.4. The van der Waals surface area contributed by atoms with Gasteiger partial charge in [-0.1, -0.05) is 24.3 Å². The maximum atomic E-state index is 12.9. The number of amides is 2. The monoisotopic (exact) mass is 454 g/mol. The molecular weight excluding hydrogens is 428 g/mol. The zero-order chi connectivity index (χ0) is 23.5. The minimum absolute atomic E-state index is 0.0257. The molecule has 0 radical (unpaired) electrons. The molecule has 2 N–H and O–H groups in total. The third-order valence-corrected chi connectivity index (χ3v) is 6.29. The molecule has 1 fully saturated rings. The van der Waals surface area contributed by atoms with E-state index in [2.05, 4.69) is 25.7 Å². The van der Waals surface area contributed by atoms with Gasteiger partial charge in [0.1, 0.15) is 6.33 Å². The molecule has 8 nitrogen and oxygen atoms in total. The third-order valence-electron chi connectivity index (χ3n) is 6.29. The molecule has 0 spiro atoms. The Morgan fingerprint density at radius 2 is 1.82 bits per heavy atom. The largest absolute Gasteiger partial charge is 0.346 e. The van der Waals surface area contributed by atoms with Crippen molar-refractivity contribution < 1.29 is 9.59 Å². The van der Waals surface area contributed by atoms with Gasteiger partial charge in [-0.15, -0.1) is 0 Å². The summed E-state index contributed by atoms with van der Waals surface area (Å²) in [4.78, 5) is 33.8. The summed E-state index contributed by atoms with van der Waals surface area (Å²) in [6, 6.07) is 17.2. The lowest BCUT2D eigenvalue weighted by Gasteiger charge is -2.43. The molecule has 2 amide bonds. The van der Waals surface area contributed by atoms with Gasteiger partial charge in [0.05, 0.1) is 18.4 Å². The average Bonchev–Trinajstić information content (AvgIpc) is 3.25. The van der Waals surface area contributed by atoms with Crippen LogP contribution in [0.5, 0.6) is 0 Å². The van der Waals surface area contributed by atoms with Crippen molar-refractivity contribution in [1.29, 1.82) is 0 Å². The van der Waals surface area contributed by atoms with E-state index in [0.717, 1.165) is 53.1 Å². The summed E-state index contributed by atoms with van der Waals surface area (Å²) < 4.78 is 1.67. The molecule has 3 aromatic heterocycles. The first-order valence-corrected chi connectivity index (χ1v) is 11.4. The maximum Gasteiger partial charge on any atom is 0.230 e. The zero-order valence-corrected chi connectivity index (χ0v) is 19.0. The molecular formula is C26H26N6O2. The van der Waals surface area contributed by atoms with Gasteiger partial charge in [-0.2, -0.15) is 5.10 Å². The van der Waals surface area contributed by atoms with Crippen molar-refractivity contribution in [2.24, 2.45) is 0 Å². The van der Waals surface area contributed by atoms with Gasteiger partial charge in [-0.3, -0.25) is 14.6 Å². The van der Waals surface area contributed by atoms with Gasteiger partial charge >= 0.3 is 0 Å². The van der Waals surface area contributed by atoms with E-state index in [9.17, 15) is 9.59 Å². The first-order chi connectivity index (χ1) is 16.5. The molecule has 0 saturated heterocycles. The second kappa shape index (κ2) is 9.05. The molecule has 1 aromatic carbocycles. The number of anilines is 1. The average molecular weight is 455 g/mol. The fourth-order valence-electron chi connectivity index (χ4n) is 4.42. The highest BCUT2D eigenvalue weighted by atomic mass is 16.2. The Hall–Kier alpha value is -4.07. The van der Waals surface area contributed by atoms with Crippen LogP contribution in [0.25, 0.3) is 5.65 Å².